The Hall–Kier alpha value is -3.18. The summed E-state index contributed by atoms with van der Waals surface area (Å²) in [7, 11) is 1.55. The van der Waals surface area contributed by atoms with Gasteiger partial charge in [0, 0.05) is 47.6 Å². The summed E-state index contributed by atoms with van der Waals surface area (Å²) in [5.41, 5.74) is 4.14. The number of fused-ring (bicyclic) bond motifs is 3. The minimum atomic E-state index is -0.662. The molecule has 1 aliphatic heterocycles. The standard InChI is InChI=1S/C23H19ClN2O3/c1-25-23(28)19(17-4-2-3-5-20(17)24)11-21(27)14-6-7-18-16-8-9-26-12-15(16)13-29-22(18)10-14/h2-10,12,19H,11,13H2,1H3,(H,25,28)/t19-/m0/s1. The molecule has 146 valence electrons. The molecule has 3 aromatic rings. The highest BCUT2D eigenvalue weighted by Crippen LogP contribution is 2.38. The summed E-state index contributed by atoms with van der Waals surface area (Å²) in [4.78, 5) is 29.6. The molecule has 5 nitrogen and oxygen atoms in total. The summed E-state index contributed by atoms with van der Waals surface area (Å²) < 4.78 is 5.83. The summed E-state index contributed by atoms with van der Waals surface area (Å²) in [6.45, 7) is 0.411. The molecule has 0 aliphatic carbocycles. The smallest absolute Gasteiger partial charge is 0.227 e. The van der Waals surface area contributed by atoms with Crippen molar-refractivity contribution in [1.82, 2.24) is 10.3 Å². The highest BCUT2D eigenvalue weighted by molar-refractivity contribution is 6.31. The van der Waals surface area contributed by atoms with Crippen LogP contribution in [0, 0.1) is 0 Å². The highest BCUT2D eigenvalue weighted by Gasteiger charge is 2.26. The van der Waals surface area contributed by atoms with Crippen molar-refractivity contribution in [2.75, 3.05) is 7.05 Å². The Morgan fingerprint density at radius 1 is 1.17 bits per heavy atom. The molecule has 1 N–H and O–H groups in total. The number of carbonyl (C=O) groups excluding carboxylic acids is 2. The van der Waals surface area contributed by atoms with Crippen LogP contribution in [0.2, 0.25) is 5.02 Å². The maximum Gasteiger partial charge on any atom is 0.227 e. The van der Waals surface area contributed by atoms with Gasteiger partial charge in [-0.2, -0.15) is 0 Å². The van der Waals surface area contributed by atoms with Gasteiger partial charge in [-0.25, -0.2) is 0 Å². The van der Waals surface area contributed by atoms with E-state index in [1.807, 2.05) is 12.1 Å². The number of rotatable bonds is 5. The van der Waals surface area contributed by atoms with Gasteiger partial charge in [0.2, 0.25) is 5.91 Å². The van der Waals surface area contributed by atoms with E-state index < -0.39 is 5.92 Å². The predicted molar refractivity (Wildman–Crippen MR) is 111 cm³/mol. The molecule has 0 radical (unpaired) electrons. The molecule has 0 unspecified atom stereocenters. The quantitative estimate of drug-likeness (QED) is 0.638. The molecular weight excluding hydrogens is 388 g/mol. The fraction of sp³-hybridized carbons (Fsp3) is 0.174. The van der Waals surface area contributed by atoms with Gasteiger partial charge in [-0.1, -0.05) is 35.9 Å². The molecule has 1 aliphatic rings. The first kappa shape index (κ1) is 19.2. The van der Waals surface area contributed by atoms with Gasteiger partial charge < -0.3 is 10.1 Å². The number of likely N-dealkylation sites (N-methyl/N-ethyl adjacent to an activating group) is 1. The van der Waals surface area contributed by atoms with Crippen molar-refractivity contribution in [3.05, 3.63) is 82.6 Å². The van der Waals surface area contributed by atoms with Gasteiger partial charge in [0.1, 0.15) is 12.4 Å². The van der Waals surface area contributed by atoms with Crippen molar-refractivity contribution in [2.24, 2.45) is 0 Å². The van der Waals surface area contributed by atoms with Crippen LogP contribution >= 0.6 is 11.6 Å². The van der Waals surface area contributed by atoms with Gasteiger partial charge >= 0.3 is 0 Å². The average Bonchev–Trinajstić information content (AvgIpc) is 2.77. The van der Waals surface area contributed by atoms with Gasteiger partial charge in [0.15, 0.2) is 5.78 Å². The van der Waals surface area contributed by atoms with Crippen molar-refractivity contribution in [3.8, 4) is 16.9 Å². The maximum atomic E-state index is 13.0. The fourth-order valence-corrected chi connectivity index (χ4v) is 3.84. The maximum absolute atomic E-state index is 13.0. The summed E-state index contributed by atoms with van der Waals surface area (Å²) in [6, 6.07) is 14.4. The third kappa shape index (κ3) is 3.74. The van der Waals surface area contributed by atoms with E-state index in [9.17, 15) is 9.59 Å². The average molecular weight is 407 g/mol. The van der Waals surface area contributed by atoms with Gasteiger partial charge in [-0.3, -0.25) is 14.6 Å². The van der Waals surface area contributed by atoms with Crippen molar-refractivity contribution in [3.63, 3.8) is 0 Å². The predicted octanol–water partition coefficient (Wildman–Crippen LogP) is 4.40. The van der Waals surface area contributed by atoms with Gasteiger partial charge in [0.05, 0.1) is 5.92 Å². The number of aromatic nitrogens is 1. The molecule has 1 aromatic heterocycles. The van der Waals surface area contributed by atoms with Crippen molar-refractivity contribution >= 4 is 23.3 Å². The number of nitrogens with zero attached hydrogens (tertiary/aromatic N) is 1. The minimum absolute atomic E-state index is 0.0166. The molecule has 0 spiro atoms. The lowest BCUT2D eigenvalue weighted by molar-refractivity contribution is -0.122. The van der Waals surface area contributed by atoms with E-state index in [1.165, 1.54) is 0 Å². The number of ketones is 1. The molecule has 29 heavy (non-hydrogen) atoms. The van der Waals surface area contributed by atoms with Crippen LogP contribution in [0.15, 0.2) is 60.9 Å². The molecule has 6 heteroatoms. The number of ether oxygens (including phenoxy) is 1. The first-order valence-corrected chi connectivity index (χ1v) is 9.65. The van der Waals surface area contributed by atoms with Gasteiger partial charge in [-0.05, 0) is 35.4 Å². The van der Waals surface area contributed by atoms with Crippen LogP contribution in [0.5, 0.6) is 5.75 Å². The van der Waals surface area contributed by atoms with Crippen molar-refractivity contribution in [2.45, 2.75) is 18.9 Å². The Balaban J connectivity index is 1.63. The highest BCUT2D eigenvalue weighted by atomic mass is 35.5. The monoisotopic (exact) mass is 406 g/mol. The minimum Gasteiger partial charge on any atom is -0.488 e. The third-order valence-corrected chi connectivity index (χ3v) is 5.46. The Bertz CT molecular complexity index is 1100. The summed E-state index contributed by atoms with van der Waals surface area (Å²) in [6.07, 6.45) is 3.54. The van der Waals surface area contributed by atoms with E-state index in [0.717, 1.165) is 16.7 Å². The number of hydrogen-bond donors (Lipinski definition) is 1. The molecule has 0 saturated heterocycles. The van der Waals surface area contributed by atoms with E-state index in [2.05, 4.69) is 10.3 Å². The Kier molecular flexibility index (Phi) is 5.32. The first-order chi connectivity index (χ1) is 14.1. The number of nitrogens with one attached hydrogen (secondary N) is 1. The number of benzene rings is 2. The largest absolute Gasteiger partial charge is 0.488 e. The summed E-state index contributed by atoms with van der Waals surface area (Å²) in [5, 5.41) is 3.09. The Labute approximate surface area is 173 Å². The summed E-state index contributed by atoms with van der Waals surface area (Å²) >= 11 is 6.28. The van der Waals surface area contributed by atoms with Crippen molar-refractivity contribution < 1.29 is 14.3 Å². The van der Waals surface area contributed by atoms with E-state index in [0.29, 0.717) is 28.5 Å². The van der Waals surface area contributed by atoms with E-state index in [-0.39, 0.29) is 18.1 Å². The topological polar surface area (TPSA) is 68.3 Å². The second-order valence-electron chi connectivity index (χ2n) is 6.85. The number of halogens is 1. The molecule has 4 rings (SSSR count). The molecule has 1 amide bonds. The van der Waals surface area contributed by atoms with E-state index in [4.69, 9.17) is 16.3 Å². The Morgan fingerprint density at radius 3 is 2.79 bits per heavy atom. The first-order valence-electron chi connectivity index (χ1n) is 9.28. The van der Waals surface area contributed by atoms with Gasteiger partial charge in [0.25, 0.3) is 0 Å². The van der Waals surface area contributed by atoms with Crippen LogP contribution in [0.3, 0.4) is 0 Å². The second-order valence-corrected chi connectivity index (χ2v) is 7.26. The molecule has 2 heterocycles. The number of hydrogen-bond acceptors (Lipinski definition) is 4. The van der Waals surface area contributed by atoms with E-state index >= 15 is 0 Å². The lowest BCUT2D eigenvalue weighted by atomic mass is 9.89. The molecule has 0 fully saturated rings. The molecule has 2 aromatic carbocycles. The third-order valence-electron chi connectivity index (χ3n) is 5.11. The zero-order valence-corrected chi connectivity index (χ0v) is 16.6. The van der Waals surface area contributed by atoms with Crippen LogP contribution in [0.1, 0.15) is 33.8 Å². The number of carbonyl (C=O) groups is 2. The molecule has 0 bridgehead atoms. The summed E-state index contributed by atoms with van der Waals surface area (Å²) in [5.74, 6) is -0.402. The zero-order chi connectivity index (χ0) is 20.4. The lowest BCUT2D eigenvalue weighted by Gasteiger charge is -2.21. The SMILES string of the molecule is CNC(=O)[C@@H](CC(=O)c1ccc2c(c1)OCc1cnccc1-2)c1ccccc1Cl. The van der Waals surface area contributed by atoms with Crippen LogP contribution in [0.25, 0.3) is 11.1 Å². The normalized spacial score (nSPS) is 12.9. The molecular formula is C23H19ClN2O3. The van der Waals surface area contributed by atoms with Crippen LogP contribution in [-0.2, 0) is 11.4 Å². The number of Topliss-reactive ketones (excluding diaryl/α,β-unsaturated/α-hetero) is 1. The fourth-order valence-electron chi connectivity index (χ4n) is 3.58. The Morgan fingerprint density at radius 2 is 2.00 bits per heavy atom. The van der Waals surface area contributed by atoms with Crippen molar-refractivity contribution in [1.29, 1.82) is 0 Å². The zero-order valence-electron chi connectivity index (χ0n) is 15.8. The van der Waals surface area contributed by atoms with E-state index in [1.54, 1.807) is 55.8 Å². The molecule has 0 saturated carbocycles. The van der Waals surface area contributed by atoms with Crippen LogP contribution in [0.4, 0.5) is 0 Å². The second kappa shape index (κ2) is 8.05. The van der Waals surface area contributed by atoms with Crippen LogP contribution in [-0.4, -0.2) is 23.7 Å². The van der Waals surface area contributed by atoms with Gasteiger partial charge in [-0.15, -0.1) is 0 Å². The molecule has 1 atom stereocenters. The van der Waals surface area contributed by atoms with Crippen LogP contribution < -0.4 is 10.1 Å². The number of pyridine rings is 1. The number of amides is 1. The lowest BCUT2D eigenvalue weighted by Crippen LogP contribution is -2.28.